The molecule has 1 amide bonds. The zero-order valence-electron chi connectivity index (χ0n) is 17.3. The Morgan fingerprint density at radius 1 is 1.19 bits per heavy atom. The van der Waals surface area contributed by atoms with Crippen LogP contribution in [0.15, 0.2) is 54.9 Å². The molecular weight excluding hydrogens is 396 g/mol. The van der Waals surface area contributed by atoms with Gasteiger partial charge < -0.3 is 5.32 Å². The Kier molecular flexibility index (Phi) is 6.03. The Bertz CT molecular complexity index is 1090. The summed E-state index contributed by atoms with van der Waals surface area (Å²) in [6, 6.07) is 14.1. The molecular formula is C22H24N6O3. The van der Waals surface area contributed by atoms with Crippen LogP contribution in [0.5, 0.6) is 0 Å². The number of amides is 1. The molecule has 9 nitrogen and oxygen atoms in total. The zero-order valence-corrected chi connectivity index (χ0v) is 17.3. The number of piperidine rings is 1. The third-order valence-corrected chi connectivity index (χ3v) is 5.51. The average molecular weight is 420 g/mol. The number of aromatic nitrogens is 3. The Hall–Kier alpha value is -3.59. The van der Waals surface area contributed by atoms with Gasteiger partial charge in [-0.25, -0.2) is 9.67 Å². The number of rotatable bonds is 6. The molecule has 9 heteroatoms. The smallest absolute Gasteiger partial charge is 0.270 e. The molecule has 1 aromatic heterocycles. The van der Waals surface area contributed by atoms with Crippen molar-refractivity contribution in [3.63, 3.8) is 0 Å². The molecule has 0 radical (unpaired) electrons. The van der Waals surface area contributed by atoms with Crippen LogP contribution in [-0.2, 0) is 6.67 Å². The SMILES string of the molecule is Cc1ccccc1C(=O)NC1CCN(Cn2cnc(-c3cccc([N+](=O)[O-])c3)n2)CC1. The van der Waals surface area contributed by atoms with Crippen molar-refractivity contribution in [2.45, 2.75) is 32.5 Å². The van der Waals surface area contributed by atoms with Crippen molar-refractivity contribution in [3.05, 3.63) is 76.1 Å². The van der Waals surface area contributed by atoms with Crippen LogP contribution in [0.4, 0.5) is 5.69 Å². The monoisotopic (exact) mass is 420 g/mol. The number of benzene rings is 2. The lowest BCUT2D eigenvalue weighted by molar-refractivity contribution is -0.384. The maximum Gasteiger partial charge on any atom is 0.270 e. The predicted octanol–water partition coefficient (Wildman–Crippen LogP) is 3.01. The van der Waals surface area contributed by atoms with Crippen LogP contribution in [0.1, 0.15) is 28.8 Å². The minimum absolute atomic E-state index is 0.0173. The van der Waals surface area contributed by atoms with Gasteiger partial charge in [0, 0.05) is 42.4 Å². The fourth-order valence-electron chi connectivity index (χ4n) is 3.77. The van der Waals surface area contributed by atoms with Gasteiger partial charge in [-0.15, -0.1) is 5.10 Å². The first-order chi connectivity index (χ1) is 15.0. The maximum absolute atomic E-state index is 12.5. The molecule has 3 aromatic rings. The van der Waals surface area contributed by atoms with E-state index in [0.29, 0.717) is 18.1 Å². The minimum atomic E-state index is -0.428. The van der Waals surface area contributed by atoms with Crippen LogP contribution in [0.3, 0.4) is 0 Å². The van der Waals surface area contributed by atoms with Gasteiger partial charge in [0.25, 0.3) is 11.6 Å². The molecule has 1 fully saturated rings. The molecule has 1 aliphatic heterocycles. The molecule has 2 aromatic carbocycles. The third-order valence-electron chi connectivity index (χ3n) is 5.51. The average Bonchev–Trinajstić information content (AvgIpc) is 3.24. The molecule has 160 valence electrons. The zero-order chi connectivity index (χ0) is 21.8. The highest BCUT2D eigenvalue weighted by Crippen LogP contribution is 2.21. The van der Waals surface area contributed by atoms with Gasteiger partial charge in [0.1, 0.15) is 6.33 Å². The minimum Gasteiger partial charge on any atom is -0.349 e. The van der Waals surface area contributed by atoms with Crippen molar-refractivity contribution < 1.29 is 9.72 Å². The summed E-state index contributed by atoms with van der Waals surface area (Å²) in [5.74, 6) is 0.443. The fourth-order valence-corrected chi connectivity index (χ4v) is 3.77. The highest BCUT2D eigenvalue weighted by Gasteiger charge is 2.22. The molecule has 0 unspecified atom stereocenters. The van der Waals surface area contributed by atoms with Gasteiger partial charge in [-0.05, 0) is 31.4 Å². The number of non-ortho nitro benzene ring substituents is 1. The van der Waals surface area contributed by atoms with Crippen LogP contribution in [-0.4, -0.2) is 49.6 Å². The highest BCUT2D eigenvalue weighted by atomic mass is 16.6. The Morgan fingerprint density at radius 2 is 1.97 bits per heavy atom. The lowest BCUT2D eigenvalue weighted by Crippen LogP contribution is -2.45. The Morgan fingerprint density at radius 3 is 2.71 bits per heavy atom. The summed E-state index contributed by atoms with van der Waals surface area (Å²) < 4.78 is 1.74. The first-order valence-electron chi connectivity index (χ1n) is 10.2. The molecule has 1 N–H and O–H groups in total. The molecule has 0 bridgehead atoms. The number of carbonyl (C=O) groups is 1. The van der Waals surface area contributed by atoms with E-state index in [4.69, 9.17) is 0 Å². The van der Waals surface area contributed by atoms with Crippen LogP contribution in [0.2, 0.25) is 0 Å². The summed E-state index contributed by atoms with van der Waals surface area (Å²) in [5, 5.41) is 18.6. The second kappa shape index (κ2) is 9.05. The molecule has 31 heavy (non-hydrogen) atoms. The van der Waals surface area contributed by atoms with Gasteiger partial charge in [0.15, 0.2) is 5.82 Å². The number of nitro benzene ring substituents is 1. The van der Waals surface area contributed by atoms with E-state index in [9.17, 15) is 14.9 Å². The summed E-state index contributed by atoms with van der Waals surface area (Å²) >= 11 is 0. The molecule has 0 aliphatic carbocycles. The van der Waals surface area contributed by atoms with Crippen molar-refractivity contribution in [1.82, 2.24) is 25.0 Å². The Balaban J connectivity index is 1.31. The van der Waals surface area contributed by atoms with Crippen LogP contribution in [0.25, 0.3) is 11.4 Å². The fraction of sp³-hybridized carbons (Fsp3) is 0.318. The number of hydrogen-bond acceptors (Lipinski definition) is 6. The quantitative estimate of drug-likeness (QED) is 0.485. The predicted molar refractivity (Wildman–Crippen MR) is 115 cm³/mol. The Labute approximate surface area is 179 Å². The number of aryl methyl sites for hydroxylation is 1. The molecule has 1 aliphatic rings. The van der Waals surface area contributed by atoms with E-state index in [1.165, 1.54) is 12.1 Å². The van der Waals surface area contributed by atoms with Crippen molar-refractivity contribution in [3.8, 4) is 11.4 Å². The third kappa shape index (κ3) is 4.95. The summed E-state index contributed by atoms with van der Waals surface area (Å²) in [4.78, 5) is 29.6. The maximum atomic E-state index is 12.5. The van der Waals surface area contributed by atoms with Gasteiger partial charge in [0.05, 0.1) is 11.6 Å². The summed E-state index contributed by atoms with van der Waals surface area (Å²) in [5.41, 5.74) is 2.33. The van der Waals surface area contributed by atoms with Gasteiger partial charge in [-0.1, -0.05) is 30.3 Å². The van der Waals surface area contributed by atoms with E-state index < -0.39 is 4.92 Å². The van der Waals surface area contributed by atoms with E-state index in [-0.39, 0.29) is 17.6 Å². The second-order valence-electron chi connectivity index (χ2n) is 7.74. The molecule has 4 rings (SSSR count). The number of nitrogens with one attached hydrogen (secondary N) is 1. The van der Waals surface area contributed by atoms with E-state index in [1.54, 1.807) is 23.1 Å². The molecule has 0 saturated carbocycles. The van der Waals surface area contributed by atoms with Crippen LogP contribution < -0.4 is 5.32 Å². The summed E-state index contributed by atoms with van der Waals surface area (Å²) in [6.07, 6.45) is 3.37. The van der Waals surface area contributed by atoms with Gasteiger partial charge in [-0.3, -0.25) is 19.8 Å². The van der Waals surface area contributed by atoms with Gasteiger partial charge in [-0.2, -0.15) is 0 Å². The lowest BCUT2D eigenvalue weighted by Gasteiger charge is -2.32. The first kappa shape index (κ1) is 20.7. The number of likely N-dealkylation sites (tertiary alicyclic amines) is 1. The van der Waals surface area contributed by atoms with Crippen molar-refractivity contribution >= 4 is 11.6 Å². The van der Waals surface area contributed by atoms with Crippen molar-refractivity contribution in [1.29, 1.82) is 0 Å². The van der Waals surface area contributed by atoms with Crippen molar-refractivity contribution in [2.75, 3.05) is 13.1 Å². The highest BCUT2D eigenvalue weighted by molar-refractivity contribution is 5.95. The van der Waals surface area contributed by atoms with Gasteiger partial charge >= 0.3 is 0 Å². The molecule has 0 spiro atoms. The number of hydrogen-bond donors (Lipinski definition) is 1. The summed E-state index contributed by atoms with van der Waals surface area (Å²) in [7, 11) is 0. The lowest BCUT2D eigenvalue weighted by atomic mass is 10.0. The standard InChI is InChI=1S/C22H24N6O3/c1-16-5-2-3-8-20(16)22(29)24-18-9-11-26(12-10-18)15-27-14-23-21(25-27)17-6-4-7-19(13-17)28(30)31/h2-8,13-14,18H,9-12,15H2,1H3,(H,24,29). The van der Waals surface area contributed by atoms with Crippen molar-refractivity contribution in [2.24, 2.45) is 0 Å². The molecule has 1 saturated heterocycles. The molecule has 0 atom stereocenters. The molecule has 2 heterocycles. The normalized spacial score (nSPS) is 15.0. The van der Waals surface area contributed by atoms with E-state index in [1.807, 2.05) is 31.2 Å². The van der Waals surface area contributed by atoms with Gasteiger partial charge in [0.2, 0.25) is 0 Å². The van der Waals surface area contributed by atoms with E-state index in [0.717, 1.165) is 37.1 Å². The topological polar surface area (TPSA) is 106 Å². The van der Waals surface area contributed by atoms with E-state index >= 15 is 0 Å². The second-order valence-corrected chi connectivity index (χ2v) is 7.74. The number of nitrogens with zero attached hydrogens (tertiary/aromatic N) is 5. The van der Waals surface area contributed by atoms with Crippen LogP contribution >= 0.6 is 0 Å². The number of nitro groups is 1. The van der Waals surface area contributed by atoms with E-state index in [2.05, 4.69) is 20.3 Å². The first-order valence-corrected chi connectivity index (χ1v) is 10.2. The van der Waals surface area contributed by atoms with Crippen LogP contribution in [0, 0.1) is 17.0 Å². The summed E-state index contributed by atoms with van der Waals surface area (Å²) in [6.45, 7) is 4.20. The largest absolute Gasteiger partial charge is 0.349 e. The number of carbonyl (C=O) groups excluding carboxylic acids is 1.